The van der Waals surface area contributed by atoms with Gasteiger partial charge in [0.25, 0.3) is 0 Å². The van der Waals surface area contributed by atoms with Crippen LogP contribution in [0.2, 0.25) is 0 Å². The molecule has 0 bridgehead atoms. The van der Waals surface area contributed by atoms with Gasteiger partial charge in [-0.1, -0.05) is 6.08 Å². The summed E-state index contributed by atoms with van der Waals surface area (Å²) in [6.45, 7) is 7.48. The highest BCUT2D eigenvalue weighted by atomic mass is 16.6. The van der Waals surface area contributed by atoms with E-state index >= 15 is 0 Å². The Morgan fingerprint density at radius 1 is 1.15 bits per heavy atom. The number of methoxy groups -OCH3 is 1. The number of carbonyl (C=O) groups is 2. The molecule has 3 N–H and O–H groups in total. The minimum absolute atomic E-state index is 0.00797. The lowest BCUT2D eigenvalue weighted by atomic mass is 9.53. The Balaban J connectivity index is 1.53. The Morgan fingerprint density at radius 3 is 2.72 bits per heavy atom. The van der Waals surface area contributed by atoms with Crippen LogP contribution in [0.4, 0.5) is 0 Å². The fourth-order valence-electron chi connectivity index (χ4n) is 8.92. The van der Waals surface area contributed by atoms with Crippen LogP contribution in [0.1, 0.15) is 91.4 Å². The van der Waals surface area contributed by atoms with Crippen molar-refractivity contribution in [2.24, 2.45) is 35.3 Å². The van der Waals surface area contributed by atoms with Crippen LogP contribution in [0.15, 0.2) is 11.6 Å². The van der Waals surface area contributed by atoms with E-state index in [2.05, 4.69) is 12.2 Å². The second-order valence-corrected chi connectivity index (χ2v) is 13.2. The van der Waals surface area contributed by atoms with Crippen LogP contribution in [0.3, 0.4) is 0 Å². The number of rotatable bonds is 7. The van der Waals surface area contributed by atoms with Crippen LogP contribution in [-0.2, 0) is 28.5 Å². The number of fused-ring (bicyclic) bond motifs is 2. The van der Waals surface area contributed by atoms with Gasteiger partial charge in [0.2, 0.25) is 0 Å². The molecular weight excluding hydrogens is 496 g/mol. The fraction of sp³-hybridized carbons (Fsp3) is 0.871. The standard InChI is InChI=1S/C31H50N2O6/c1-5-19(2)29(35)39-30(3)12-10-20(7-6-14-36-4)28(22-11-13-33-26(32)16-22)31(30)18-23-15-21-8-9-27(34)37-24(21)17-25(23)38-31/h5,20-26,28,33H,6-18,32H2,1-4H3. The first kappa shape index (κ1) is 29.0. The van der Waals surface area contributed by atoms with E-state index < -0.39 is 11.2 Å². The zero-order valence-corrected chi connectivity index (χ0v) is 24.4. The second-order valence-electron chi connectivity index (χ2n) is 13.2. The van der Waals surface area contributed by atoms with Crippen molar-refractivity contribution in [3.63, 3.8) is 0 Å². The molecule has 10 atom stereocenters. The van der Waals surface area contributed by atoms with Crippen LogP contribution in [-0.4, -0.2) is 61.8 Å². The van der Waals surface area contributed by atoms with E-state index in [-0.39, 0.29) is 36.2 Å². The van der Waals surface area contributed by atoms with E-state index in [1.54, 1.807) is 7.11 Å². The summed E-state index contributed by atoms with van der Waals surface area (Å²) in [7, 11) is 1.77. The number of allylic oxidation sites excluding steroid dienone is 1. The van der Waals surface area contributed by atoms with Gasteiger partial charge in [-0.3, -0.25) is 4.79 Å². The van der Waals surface area contributed by atoms with Gasteiger partial charge in [-0.25, -0.2) is 4.79 Å². The molecule has 2 saturated carbocycles. The van der Waals surface area contributed by atoms with Crippen LogP contribution in [0.25, 0.3) is 0 Å². The van der Waals surface area contributed by atoms with Crippen molar-refractivity contribution >= 4 is 11.9 Å². The predicted octanol–water partition coefficient (Wildman–Crippen LogP) is 4.25. The lowest BCUT2D eigenvalue weighted by Gasteiger charge is -2.58. The summed E-state index contributed by atoms with van der Waals surface area (Å²) in [4.78, 5) is 25.4. The second kappa shape index (κ2) is 11.8. The van der Waals surface area contributed by atoms with Gasteiger partial charge in [-0.2, -0.15) is 0 Å². The highest BCUT2D eigenvalue weighted by Gasteiger charge is 2.68. The molecule has 5 rings (SSSR count). The lowest BCUT2D eigenvalue weighted by molar-refractivity contribution is -0.254. The molecule has 5 fully saturated rings. The zero-order valence-electron chi connectivity index (χ0n) is 24.4. The van der Waals surface area contributed by atoms with E-state index in [1.165, 1.54) is 0 Å². The van der Waals surface area contributed by atoms with Crippen molar-refractivity contribution in [2.75, 3.05) is 20.3 Å². The molecular formula is C31H50N2O6. The summed E-state index contributed by atoms with van der Waals surface area (Å²) in [5, 5.41) is 3.44. The van der Waals surface area contributed by atoms with E-state index in [0.29, 0.717) is 35.7 Å². The topological polar surface area (TPSA) is 109 Å². The molecule has 0 radical (unpaired) electrons. The monoisotopic (exact) mass is 546 g/mol. The van der Waals surface area contributed by atoms with Crippen molar-refractivity contribution in [1.29, 1.82) is 0 Å². The predicted molar refractivity (Wildman–Crippen MR) is 148 cm³/mol. The number of hydrogen-bond acceptors (Lipinski definition) is 8. The molecule has 5 aliphatic rings. The number of carbonyl (C=O) groups excluding carboxylic acids is 2. The Kier molecular flexibility index (Phi) is 8.77. The van der Waals surface area contributed by atoms with Gasteiger partial charge in [0.05, 0.1) is 12.3 Å². The summed E-state index contributed by atoms with van der Waals surface area (Å²) in [5.41, 5.74) is 5.77. The Hall–Kier alpha value is -1.48. The van der Waals surface area contributed by atoms with Crippen molar-refractivity contribution in [1.82, 2.24) is 5.32 Å². The summed E-state index contributed by atoms with van der Waals surface area (Å²) in [6, 6.07) is 0. The first-order chi connectivity index (χ1) is 18.7. The number of nitrogens with one attached hydrogen (secondary N) is 1. The Bertz CT molecular complexity index is 940. The van der Waals surface area contributed by atoms with Crippen LogP contribution < -0.4 is 11.1 Å². The van der Waals surface area contributed by atoms with Crippen LogP contribution >= 0.6 is 0 Å². The molecule has 8 nitrogen and oxygen atoms in total. The molecule has 3 aliphatic heterocycles. The normalized spacial score (nSPS) is 44.4. The average Bonchev–Trinajstić information content (AvgIpc) is 3.28. The minimum atomic E-state index is -0.745. The van der Waals surface area contributed by atoms with Gasteiger partial charge in [-0.05, 0) is 115 Å². The highest BCUT2D eigenvalue weighted by molar-refractivity contribution is 5.88. The lowest BCUT2D eigenvalue weighted by Crippen LogP contribution is -2.66. The molecule has 10 unspecified atom stereocenters. The first-order valence-corrected chi connectivity index (χ1v) is 15.4. The highest BCUT2D eigenvalue weighted by Crippen LogP contribution is 2.62. The molecule has 3 heterocycles. The summed E-state index contributed by atoms with van der Waals surface area (Å²) in [6.07, 6.45) is 11.6. The van der Waals surface area contributed by atoms with Crippen molar-refractivity contribution in [3.8, 4) is 0 Å². The van der Waals surface area contributed by atoms with Crippen molar-refractivity contribution in [3.05, 3.63) is 11.6 Å². The van der Waals surface area contributed by atoms with E-state index in [1.807, 2.05) is 19.9 Å². The number of hydrogen-bond donors (Lipinski definition) is 2. The molecule has 2 aliphatic carbocycles. The largest absolute Gasteiger partial charge is 0.462 e. The number of nitrogens with two attached hydrogens (primary N) is 1. The molecule has 39 heavy (non-hydrogen) atoms. The summed E-state index contributed by atoms with van der Waals surface area (Å²) in [5.74, 6) is 1.50. The van der Waals surface area contributed by atoms with E-state index in [4.69, 9.17) is 24.7 Å². The minimum Gasteiger partial charge on any atom is -0.462 e. The number of piperidine rings is 1. The molecule has 220 valence electrons. The maximum absolute atomic E-state index is 13.3. The summed E-state index contributed by atoms with van der Waals surface area (Å²) < 4.78 is 25.2. The molecule has 1 spiro atoms. The molecule has 3 saturated heterocycles. The fourth-order valence-corrected chi connectivity index (χ4v) is 8.92. The Morgan fingerprint density at radius 2 is 1.97 bits per heavy atom. The maximum atomic E-state index is 13.3. The van der Waals surface area contributed by atoms with Gasteiger partial charge < -0.3 is 30.0 Å². The van der Waals surface area contributed by atoms with E-state index in [0.717, 1.165) is 77.4 Å². The molecule has 8 heteroatoms. The van der Waals surface area contributed by atoms with Gasteiger partial charge in [0.15, 0.2) is 0 Å². The van der Waals surface area contributed by atoms with Gasteiger partial charge >= 0.3 is 11.9 Å². The average molecular weight is 547 g/mol. The van der Waals surface area contributed by atoms with Crippen molar-refractivity contribution < 1.29 is 28.5 Å². The van der Waals surface area contributed by atoms with Crippen LogP contribution in [0.5, 0.6) is 0 Å². The molecule has 0 aromatic carbocycles. The van der Waals surface area contributed by atoms with Crippen molar-refractivity contribution in [2.45, 2.75) is 121 Å². The Labute approximate surface area is 234 Å². The van der Waals surface area contributed by atoms with E-state index in [9.17, 15) is 9.59 Å². The third kappa shape index (κ3) is 5.55. The zero-order chi connectivity index (χ0) is 27.8. The van der Waals surface area contributed by atoms with Gasteiger partial charge in [-0.15, -0.1) is 0 Å². The van der Waals surface area contributed by atoms with Gasteiger partial charge in [0, 0.05) is 32.1 Å². The molecule has 0 aromatic heterocycles. The molecule has 0 amide bonds. The third-order valence-corrected chi connectivity index (χ3v) is 11.0. The first-order valence-electron chi connectivity index (χ1n) is 15.4. The quantitative estimate of drug-likeness (QED) is 0.277. The number of esters is 2. The smallest absolute Gasteiger partial charge is 0.334 e. The number of ether oxygens (including phenoxy) is 4. The van der Waals surface area contributed by atoms with Gasteiger partial charge in [0.1, 0.15) is 17.3 Å². The summed E-state index contributed by atoms with van der Waals surface area (Å²) >= 11 is 0. The SMILES string of the molecule is CC=C(C)C(=O)OC1(C)CCC(CCCOC)C(C2CCNC(N)C2)C12CC1CC3CCC(=O)OC3CC1O2. The maximum Gasteiger partial charge on any atom is 0.334 e. The molecule has 0 aromatic rings. The van der Waals surface area contributed by atoms with Crippen LogP contribution in [0, 0.1) is 29.6 Å². The third-order valence-electron chi connectivity index (χ3n) is 11.0.